The smallest absolute Gasteiger partial charge is 0.119 e. The van der Waals surface area contributed by atoms with E-state index in [0.717, 1.165) is 9.79 Å². The molecule has 2 aromatic carbocycles. The molecule has 0 radical (unpaired) electrons. The van der Waals surface area contributed by atoms with Gasteiger partial charge in [0.05, 0.1) is 11.8 Å². The van der Waals surface area contributed by atoms with Crippen LogP contribution in [-0.2, 0) is 0 Å². The van der Waals surface area contributed by atoms with E-state index in [9.17, 15) is 10.2 Å². The highest BCUT2D eigenvalue weighted by Gasteiger charge is 2.05. The molecule has 0 aliphatic heterocycles. The molecule has 0 saturated heterocycles. The molecule has 0 fully saturated rings. The molecule has 2 aromatic rings. The van der Waals surface area contributed by atoms with E-state index in [2.05, 4.69) is 0 Å². The maximum atomic E-state index is 9.38. The molecule has 2 rings (SSSR count). The number of halogens is 2. The number of rotatable bonds is 10. The van der Waals surface area contributed by atoms with Crippen LogP contribution in [0.4, 0.5) is 0 Å². The van der Waals surface area contributed by atoms with Crippen LogP contribution >= 0.6 is 35.0 Å². The first-order chi connectivity index (χ1) is 12.1. The lowest BCUT2D eigenvalue weighted by Gasteiger charge is -2.11. The summed E-state index contributed by atoms with van der Waals surface area (Å²) in [6.45, 7) is 0.353. The van der Waals surface area contributed by atoms with Gasteiger partial charge < -0.3 is 19.7 Å². The molecular weight excluding hydrogens is 383 g/mol. The fourth-order valence-corrected chi connectivity index (χ4v) is 2.81. The molecule has 0 spiro atoms. The number of ether oxygens (including phenoxy) is 2. The summed E-state index contributed by atoms with van der Waals surface area (Å²) in [7, 11) is 0. The Labute approximate surface area is 161 Å². The molecule has 4 nitrogen and oxygen atoms in total. The molecule has 0 saturated carbocycles. The minimum Gasteiger partial charge on any atom is -0.491 e. The van der Waals surface area contributed by atoms with Crippen LogP contribution in [-0.4, -0.2) is 47.4 Å². The van der Waals surface area contributed by atoms with Crippen molar-refractivity contribution in [2.45, 2.75) is 22.0 Å². The number of hydrogen-bond acceptors (Lipinski definition) is 5. The fourth-order valence-electron chi connectivity index (χ4n) is 1.82. The Balaban J connectivity index is 1.85. The van der Waals surface area contributed by atoms with Crippen molar-refractivity contribution in [1.29, 1.82) is 0 Å². The van der Waals surface area contributed by atoms with Gasteiger partial charge in [0.1, 0.15) is 36.9 Å². The highest BCUT2D eigenvalue weighted by Crippen LogP contribution is 2.30. The number of benzene rings is 2. The molecule has 136 valence electrons. The zero-order valence-corrected chi connectivity index (χ0v) is 15.8. The molecule has 0 amide bonds. The lowest BCUT2D eigenvalue weighted by Crippen LogP contribution is -2.18. The van der Waals surface area contributed by atoms with Crippen LogP contribution in [0.5, 0.6) is 11.5 Å². The van der Waals surface area contributed by atoms with Crippen molar-refractivity contribution in [3.05, 3.63) is 48.5 Å². The summed E-state index contributed by atoms with van der Waals surface area (Å²) in [5.41, 5.74) is 0. The molecule has 2 N–H and O–H groups in total. The van der Waals surface area contributed by atoms with Crippen LogP contribution in [0.15, 0.2) is 58.3 Å². The van der Waals surface area contributed by atoms with E-state index in [-0.39, 0.29) is 25.0 Å². The standard InChI is InChI=1S/C18H20Cl2O4S/c19-9-13(21)11-23-15-1-5-17(6-2-15)25-18-7-3-16(4-8-18)24-12-14(22)10-20/h1-8,13-14,21-22H,9-12H2. The predicted molar refractivity (Wildman–Crippen MR) is 101 cm³/mol. The largest absolute Gasteiger partial charge is 0.491 e. The van der Waals surface area contributed by atoms with Crippen LogP contribution < -0.4 is 9.47 Å². The van der Waals surface area contributed by atoms with Crippen molar-refractivity contribution in [2.24, 2.45) is 0 Å². The van der Waals surface area contributed by atoms with Gasteiger partial charge in [-0.1, -0.05) is 11.8 Å². The molecule has 0 aliphatic rings. The second-order valence-electron chi connectivity index (χ2n) is 5.28. The first-order valence-corrected chi connectivity index (χ1v) is 9.61. The van der Waals surface area contributed by atoms with Crippen LogP contribution in [0.1, 0.15) is 0 Å². The van der Waals surface area contributed by atoms with Crippen molar-refractivity contribution in [3.8, 4) is 11.5 Å². The molecule has 7 heteroatoms. The predicted octanol–water partition coefficient (Wildman–Crippen LogP) is 3.79. The molecule has 25 heavy (non-hydrogen) atoms. The fraction of sp³-hybridized carbons (Fsp3) is 0.333. The SMILES string of the molecule is OC(CCl)COc1ccc(Sc2ccc(OCC(O)CCl)cc2)cc1. The van der Waals surface area contributed by atoms with E-state index in [0.29, 0.717) is 11.5 Å². The van der Waals surface area contributed by atoms with Crippen molar-refractivity contribution in [3.63, 3.8) is 0 Å². The van der Waals surface area contributed by atoms with E-state index in [1.165, 1.54) is 0 Å². The van der Waals surface area contributed by atoms with E-state index in [1.807, 2.05) is 48.5 Å². The summed E-state index contributed by atoms with van der Waals surface area (Å²) in [6, 6.07) is 15.2. The average molecular weight is 403 g/mol. The first-order valence-electron chi connectivity index (χ1n) is 7.72. The molecule has 2 atom stereocenters. The van der Waals surface area contributed by atoms with Crippen molar-refractivity contribution in [1.82, 2.24) is 0 Å². The molecule has 0 aromatic heterocycles. The van der Waals surface area contributed by atoms with Gasteiger partial charge in [-0.05, 0) is 48.5 Å². The Kier molecular flexibility index (Phi) is 8.72. The van der Waals surface area contributed by atoms with Crippen molar-refractivity contribution >= 4 is 35.0 Å². The Morgan fingerprint density at radius 2 is 1.08 bits per heavy atom. The third kappa shape index (κ3) is 7.34. The normalized spacial score (nSPS) is 13.3. The zero-order chi connectivity index (χ0) is 18.1. The van der Waals surface area contributed by atoms with Crippen LogP contribution in [0.2, 0.25) is 0 Å². The van der Waals surface area contributed by atoms with E-state index in [4.69, 9.17) is 32.7 Å². The second-order valence-corrected chi connectivity index (χ2v) is 7.05. The summed E-state index contributed by atoms with van der Waals surface area (Å²) < 4.78 is 10.9. The molecule has 2 unspecified atom stereocenters. The quantitative estimate of drug-likeness (QED) is 0.591. The monoisotopic (exact) mass is 402 g/mol. The van der Waals surface area contributed by atoms with E-state index in [1.54, 1.807) is 11.8 Å². The number of alkyl halides is 2. The third-order valence-electron chi connectivity index (χ3n) is 3.12. The third-order valence-corrected chi connectivity index (χ3v) is 4.85. The number of hydrogen-bond donors (Lipinski definition) is 2. The van der Waals surface area contributed by atoms with Gasteiger partial charge in [0.2, 0.25) is 0 Å². The minimum absolute atomic E-state index is 0.151. The van der Waals surface area contributed by atoms with Crippen molar-refractivity contribution in [2.75, 3.05) is 25.0 Å². The minimum atomic E-state index is -0.665. The van der Waals surface area contributed by atoms with Gasteiger partial charge >= 0.3 is 0 Å². The van der Waals surface area contributed by atoms with Crippen LogP contribution in [0.25, 0.3) is 0 Å². The average Bonchev–Trinajstić information content (AvgIpc) is 2.66. The molecule has 0 aliphatic carbocycles. The Bertz CT molecular complexity index is 566. The van der Waals surface area contributed by atoms with Crippen molar-refractivity contribution < 1.29 is 19.7 Å². The van der Waals surface area contributed by atoms with Crippen LogP contribution in [0, 0.1) is 0 Å². The van der Waals surface area contributed by atoms with Crippen LogP contribution in [0.3, 0.4) is 0 Å². The summed E-state index contributed by atoms with van der Waals surface area (Å²) >= 11 is 12.7. The second kappa shape index (κ2) is 10.8. The van der Waals surface area contributed by atoms with E-state index >= 15 is 0 Å². The van der Waals surface area contributed by atoms with E-state index < -0.39 is 12.2 Å². The Morgan fingerprint density at radius 3 is 1.40 bits per heavy atom. The highest BCUT2D eigenvalue weighted by molar-refractivity contribution is 7.99. The van der Waals surface area contributed by atoms with Gasteiger partial charge in [-0.25, -0.2) is 0 Å². The van der Waals surface area contributed by atoms with Gasteiger partial charge in [-0.2, -0.15) is 0 Å². The summed E-state index contributed by atoms with van der Waals surface area (Å²) in [4.78, 5) is 2.13. The van der Waals surface area contributed by atoms with Gasteiger partial charge in [-0.15, -0.1) is 23.2 Å². The topological polar surface area (TPSA) is 58.9 Å². The summed E-state index contributed by atoms with van der Waals surface area (Å²) in [5.74, 6) is 1.68. The Hall–Kier alpha value is -1.11. The van der Waals surface area contributed by atoms with Gasteiger partial charge in [-0.3, -0.25) is 0 Å². The Morgan fingerprint density at radius 1 is 0.720 bits per heavy atom. The molecule has 0 heterocycles. The van der Waals surface area contributed by atoms with Gasteiger partial charge in [0, 0.05) is 9.79 Å². The van der Waals surface area contributed by atoms with Gasteiger partial charge in [0.25, 0.3) is 0 Å². The summed E-state index contributed by atoms with van der Waals surface area (Å²) in [6.07, 6.45) is -1.33. The lowest BCUT2D eigenvalue weighted by molar-refractivity contribution is 0.125. The molecular formula is C18H20Cl2O4S. The van der Waals surface area contributed by atoms with Gasteiger partial charge in [0.15, 0.2) is 0 Å². The first kappa shape index (κ1) is 20.2. The molecule has 0 bridgehead atoms. The summed E-state index contributed by atoms with van der Waals surface area (Å²) in [5, 5.41) is 18.8. The number of aliphatic hydroxyl groups is 2. The maximum Gasteiger partial charge on any atom is 0.119 e. The lowest BCUT2D eigenvalue weighted by atomic mass is 10.3. The number of aliphatic hydroxyl groups excluding tert-OH is 2. The zero-order valence-electron chi connectivity index (χ0n) is 13.5. The highest BCUT2D eigenvalue weighted by atomic mass is 35.5. The maximum absolute atomic E-state index is 9.38.